The molecule has 2 atom stereocenters. The molecule has 0 saturated carbocycles. The van der Waals surface area contributed by atoms with Crippen molar-refractivity contribution in [3.63, 3.8) is 0 Å². The van der Waals surface area contributed by atoms with E-state index < -0.39 is 23.8 Å². The Labute approximate surface area is 205 Å². The second kappa shape index (κ2) is 12.6. The summed E-state index contributed by atoms with van der Waals surface area (Å²) in [6.07, 6.45) is 1.33. The van der Waals surface area contributed by atoms with Gasteiger partial charge in [0, 0.05) is 12.6 Å². The van der Waals surface area contributed by atoms with Crippen LogP contribution in [0.4, 0.5) is 4.79 Å². The van der Waals surface area contributed by atoms with Crippen molar-refractivity contribution in [1.82, 2.24) is 15.5 Å². The number of ether oxygens (including phenoxy) is 1. The van der Waals surface area contributed by atoms with Crippen LogP contribution in [0.3, 0.4) is 0 Å². The number of nitrogens with one attached hydrogen (secondary N) is 2. The van der Waals surface area contributed by atoms with Crippen molar-refractivity contribution in [2.45, 2.75) is 92.5 Å². The van der Waals surface area contributed by atoms with E-state index in [2.05, 4.69) is 17.2 Å². The number of benzene rings is 1. The summed E-state index contributed by atoms with van der Waals surface area (Å²) >= 11 is 0. The lowest BCUT2D eigenvalue weighted by Crippen LogP contribution is -2.54. The third-order valence-corrected chi connectivity index (χ3v) is 5.24. The Kier molecular flexibility index (Phi) is 10.8. The molecule has 0 bridgehead atoms. The quantitative estimate of drug-likeness (QED) is 0.477. The molecule has 0 aliphatic heterocycles. The summed E-state index contributed by atoms with van der Waals surface area (Å²) in [5, 5.41) is 5.69. The lowest BCUT2D eigenvalue weighted by atomic mass is 9.94. The summed E-state index contributed by atoms with van der Waals surface area (Å²) in [5.41, 5.74) is 2.01. The van der Waals surface area contributed by atoms with Crippen LogP contribution in [-0.2, 0) is 14.3 Å². The van der Waals surface area contributed by atoms with Crippen molar-refractivity contribution in [3.8, 4) is 0 Å². The van der Waals surface area contributed by atoms with E-state index >= 15 is 0 Å². The molecule has 0 saturated heterocycles. The first-order valence-electron chi connectivity index (χ1n) is 11.9. The Morgan fingerprint density at radius 3 is 2.21 bits per heavy atom. The van der Waals surface area contributed by atoms with Crippen LogP contribution in [0.15, 0.2) is 30.9 Å². The molecule has 0 fully saturated rings. The van der Waals surface area contributed by atoms with Gasteiger partial charge in [-0.3, -0.25) is 9.59 Å². The number of alkyl carbamates (subject to hydrolysis) is 1. The van der Waals surface area contributed by atoms with Gasteiger partial charge in [0.1, 0.15) is 17.7 Å². The molecule has 0 heterocycles. The number of hydrogen-bond acceptors (Lipinski definition) is 4. The molecule has 2 unspecified atom stereocenters. The van der Waals surface area contributed by atoms with E-state index in [9.17, 15) is 14.4 Å². The maximum atomic E-state index is 13.9. The highest BCUT2D eigenvalue weighted by Gasteiger charge is 2.37. The van der Waals surface area contributed by atoms with Crippen LogP contribution < -0.4 is 10.6 Å². The first-order valence-corrected chi connectivity index (χ1v) is 11.9. The zero-order valence-corrected chi connectivity index (χ0v) is 22.3. The molecule has 7 heteroatoms. The van der Waals surface area contributed by atoms with Crippen LogP contribution in [0.5, 0.6) is 0 Å². The summed E-state index contributed by atoms with van der Waals surface area (Å²) in [5.74, 6) is -0.512. The molecule has 34 heavy (non-hydrogen) atoms. The Morgan fingerprint density at radius 1 is 1.09 bits per heavy atom. The van der Waals surface area contributed by atoms with E-state index in [1.165, 1.54) is 4.90 Å². The summed E-state index contributed by atoms with van der Waals surface area (Å²) < 4.78 is 5.40. The maximum absolute atomic E-state index is 13.9. The molecule has 3 amide bonds. The van der Waals surface area contributed by atoms with E-state index in [-0.39, 0.29) is 30.3 Å². The van der Waals surface area contributed by atoms with Crippen molar-refractivity contribution in [1.29, 1.82) is 0 Å². The van der Waals surface area contributed by atoms with Gasteiger partial charge in [-0.2, -0.15) is 0 Å². The summed E-state index contributed by atoms with van der Waals surface area (Å²) in [6.45, 7) is 20.9. The minimum atomic E-state index is -0.872. The Morgan fingerprint density at radius 2 is 1.71 bits per heavy atom. The van der Waals surface area contributed by atoms with Gasteiger partial charge >= 0.3 is 6.09 Å². The fourth-order valence-corrected chi connectivity index (χ4v) is 3.69. The molecular formula is C27H43N3O4. The Hall–Kier alpha value is -2.83. The third kappa shape index (κ3) is 8.84. The number of rotatable bonds is 10. The monoisotopic (exact) mass is 473 g/mol. The molecule has 1 aromatic rings. The molecule has 0 aromatic heterocycles. The highest BCUT2D eigenvalue weighted by atomic mass is 16.6. The second-order valence-corrected chi connectivity index (χ2v) is 10.5. The third-order valence-electron chi connectivity index (χ3n) is 5.24. The van der Waals surface area contributed by atoms with Crippen LogP contribution in [0.2, 0.25) is 0 Å². The van der Waals surface area contributed by atoms with Gasteiger partial charge in [-0.1, -0.05) is 38.1 Å². The maximum Gasteiger partial charge on any atom is 0.408 e. The largest absolute Gasteiger partial charge is 0.444 e. The average Bonchev–Trinajstić information content (AvgIpc) is 2.67. The van der Waals surface area contributed by atoms with Crippen LogP contribution in [-0.4, -0.2) is 47.0 Å². The number of carbonyl (C=O) groups excluding carboxylic acids is 3. The summed E-state index contributed by atoms with van der Waals surface area (Å²) in [7, 11) is 0. The van der Waals surface area contributed by atoms with Gasteiger partial charge in [0.2, 0.25) is 11.8 Å². The molecule has 0 aliphatic rings. The number of aryl methyl sites for hydroxylation is 1. The van der Waals surface area contributed by atoms with Gasteiger partial charge in [-0.15, -0.1) is 6.58 Å². The molecule has 0 aliphatic carbocycles. The van der Waals surface area contributed by atoms with Gasteiger partial charge in [-0.05, 0) is 77.5 Å². The molecule has 2 N–H and O–H groups in total. The predicted octanol–water partition coefficient (Wildman–Crippen LogP) is 4.82. The van der Waals surface area contributed by atoms with Gasteiger partial charge in [0.25, 0.3) is 0 Å². The normalized spacial score (nSPS) is 13.3. The van der Waals surface area contributed by atoms with Crippen LogP contribution in [0.25, 0.3) is 0 Å². The van der Waals surface area contributed by atoms with E-state index in [1.807, 2.05) is 59.7 Å². The van der Waals surface area contributed by atoms with Crippen molar-refractivity contribution in [2.24, 2.45) is 5.92 Å². The van der Waals surface area contributed by atoms with Crippen molar-refractivity contribution in [3.05, 3.63) is 47.5 Å². The van der Waals surface area contributed by atoms with E-state index in [4.69, 9.17) is 4.74 Å². The highest BCUT2D eigenvalue weighted by molar-refractivity contribution is 5.92. The first-order chi connectivity index (χ1) is 15.7. The fraction of sp³-hybridized carbons (Fsp3) is 0.593. The minimum Gasteiger partial charge on any atom is -0.444 e. The lowest BCUT2D eigenvalue weighted by molar-refractivity contribution is -0.142. The van der Waals surface area contributed by atoms with Crippen molar-refractivity contribution < 1.29 is 19.1 Å². The highest BCUT2D eigenvalue weighted by Crippen LogP contribution is 2.28. The van der Waals surface area contributed by atoms with E-state index in [0.717, 1.165) is 16.7 Å². The van der Waals surface area contributed by atoms with Gasteiger partial charge in [-0.25, -0.2) is 4.79 Å². The smallest absolute Gasteiger partial charge is 0.408 e. The second-order valence-electron chi connectivity index (χ2n) is 10.5. The number of nitrogens with zero attached hydrogens (tertiary/aromatic N) is 1. The first kappa shape index (κ1) is 29.2. The zero-order chi connectivity index (χ0) is 26.2. The SMILES string of the molecule is C=CCN(C(=O)C(CC(C)C)NC(=O)OC(C)(C)C)C(C(=O)NC(C)C)c1cccc(C)c1C. The molecule has 0 spiro atoms. The van der Waals surface area contributed by atoms with Crippen LogP contribution in [0, 0.1) is 19.8 Å². The van der Waals surface area contributed by atoms with Gasteiger partial charge in [0.05, 0.1) is 0 Å². The minimum absolute atomic E-state index is 0.104. The van der Waals surface area contributed by atoms with E-state index in [1.54, 1.807) is 26.8 Å². The van der Waals surface area contributed by atoms with Gasteiger partial charge in [0.15, 0.2) is 0 Å². The van der Waals surface area contributed by atoms with Crippen molar-refractivity contribution >= 4 is 17.9 Å². The lowest BCUT2D eigenvalue weighted by Gasteiger charge is -2.35. The number of hydrogen-bond donors (Lipinski definition) is 2. The number of carbonyl (C=O) groups is 3. The summed E-state index contributed by atoms with van der Waals surface area (Å²) in [4.78, 5) is 41.4. The molecule has 1 rings (SSSR count). The molecular weight excluding hydrogens is 430 g/mol. The van der Waals surface area contributed by atoms with Gasteiger partial charge < -0.3 is 20.3 Å². The average molecular weight is 474 g/mol. The molecule has 7 nitrogen and oxygen atoms in total. The zero-order valence-electron chi connectivity index (χ0n) is 22.3. The number of amides is 3. The predicted molar refractivity (Wildman–Crippen MR) is 136 cm³/mol. The topological polar surface area (TPSA) is 87.7 Å². The molecule has 1 aromatic carbocycles. The molecule has 190 valence electrons. The Bertz CT molecular complexity index is 871. The van der Waals surface area contributed by atoms with Crippen molar-refractivity contribution in [2.75, 3.05) is 6.54 Å². The van der Waals surface area contributed by atoms with Crippen LogP contribution >= 0.6 is 0 Å². The van der Waals surface area contributed by atoms with Crippen LogP contribution in [0.1, 0.15) is 77.6 Å². The fourth-order valence-electron chi connectivity index (χ4n) is 3.69. The standard InChI is InChI=1S/C27H43N3O4/c1-11-15-30(25(32)22(16-17(2)3)29-26(33)34-27(8,9)10)23(24(31)28-18(4)5)21-14-12-13-19(6)20(21)7/h11-14,17-18,22-23H,1,15-16H2,2-10H3,(H,28,31)(H,29,33). The Balaban J connectivity index is 3.51. The molecule has 0 radical (unpaired) electrons. The summed E-state index contributed by atoms with van der Waals surface area (Å²) in [6, 6.07) is 3.90. The van der Waals surface area contributed by atoms with E-state index in [0.29, 0.717) is 6.42 Å².